The van der Waals surface area contributed by atoms with Crippen molar-refractivity contribution in [2.24, 2.45) is 0 Å². The topological polar surface area (TPSA) is 72.5 Å². The maximum absolute atomic E-state index is 12.3. The Morgan fingerprint density at radius 1 is 1.08 bits per heavy atom. The number of nitrogens with one attached hydrogen (secondary N) is 1. The molecule has 0 radical (unpaired) electrons. The van der Waals surface area contributed by atoms with E-state index < -0.39 is 22.0 Å². The van der Waals surface area contributed by atoms with Crippen molar-refractivity contribution in [3.05, 3.63) is 71.1 Å². The lowest BCUT2D eigenvalue weighted by atomic mass is 9.97. The third-order valence-electron chi connectivity index (χ3n) is 3.86. The fourth-order valence-electron chi connectivity index (χ4n) is 2.61. The maximum Gasteiger partial charge on any atom is 0.275 e. The second-order valence-corrected chi connectivity index (χ2v) is 7.16. The highest BCUT2D eigenvalue weighted by Crippen LogP contribution is 2.37. The van der Waals surface area contributed by atoms with Gasteiger partial charge in [0.25, 0.3) is 15.9 Å². The number of hydrogen-bond donors (Lipinski definition) is 1. The molecule has 1 heterocycles. The molecule has 0 fully saturated rings. The van der Waals surface area contributed by atoms with Crippen LogP contribution in [0.5, 0.6) is 5.75 Å². The number of carbonyl (C=O) groups is 1. The Balaban J connectivity index is 1.70. The van der Waals surface area contributed by atoms with Gasteiger partial charge in [0.1, 0.15) is 5.75 Å². The summed E-state index contributed by atoms with van der Waals surface area (Å²) in [4.78, 5) is 12.3. The van der Waals surface area contributed by atoms with Crippen molar-refractivity contribution >= 4 is 22.0 Å². The van der Waals surface area contributed by atoms with Crippen LogP contribution in [0.15, 0.2) is 60.0 Å². The van der Waals surface area contributed by atoms with Gasteiger partial charge >= 0.3 is 0 Å². The highest BCUT2D eigenvalue weighted by Gasteiger charge is 2.37. The monoisotopic (exact) mass is 343 g/mol. The Morgan fingerprint density at radius 3 is 2.46 bits per heavy atom. The molecule has 2 aromatic carbocycles. The minimum Gasteiger partial charge on any atom is -0.480 e. The van der Waals surface area contributed by atoms with Gasteiger partial charge < -0.3 is 4.74 Å². The minimum atomic E-state index is -3.89. The van der Waals surface area contributed by atoms with Crippen LogP contribution in [0.2, 0.25) is 0 Å². The molecule has 124 valence electrons. The summed E-state index contributed by atoms with van der Waals surface area (Å²) in [5.74, 6) is -0.270. The molecule has 0 bridgehead atoms. The average Bonchev–Trinajstić information content (AvgIpc) is 2.91. The Bertz CT molecular complexity index is 875. The largest absolute Gasteiger partial charge is 0.480 e. The average molecular weight is 343 g/mol. The highest BCUT2D eigenvalue weighted by molar-refractivity contribution is 7.93. The number of hydrogen-bond acceptors (Lipinski definition) is 4. The standard InChI is InChI=1S/C18H17NO4S/c1-13-15-9-5-6-10-16(15)23-17(13)18(20)19-24(21,22)12-11-14-7-3-2-4-8-14/h2-13,17H,1H3,(H,19,20). The Hall–Kier alpha value is -2.60. The fraction of sp³-hybridized carbons (Fsp3) is 0.167. The maximum atomic E-state index is 12.3. The van der Waals surface area contributed by atoms with Gasteiger partial charge in [-0.15, -0.1) is 0 Å². The quantitative estimate of drug-likeness (QED) is 0.926. The lowest BCUT2D eigenvalue weighted by Crippen LogP contribution is -2.41. The van der Waals surface area contributed by atoms with E-state index >= 15 is 0 Å². The summed E-state index contributed by atoms with van der Waals surface area (Å²) in [6.07, 6.45) is 0.575. The van der Waals surface area contributed by atoms with Gasteiger partial charge in [0.05, 0.1) is 5.41 Å². The van der Waals surface area contributed by atoms with Crippen LogP contribution in [0.1, 0.15) is 24.0 Å². The first-order valence-corrected chi connectivity index (χ1v) is 9.06. The van der Waals surface area contributed by atoms with Crippen molar-refractivity contribution < 1.29 is 17.9 Å². The molecule has 2 atom stereocenters. The molecule has 6 heteroatoms. The van der Waals surface area contributed by atoms with Crippen molar-refractivity contribution in [1.82, 2.24) is 4.72 Å². The first kappa shape index (κ1) is 16.3. The van der Waals surface area contributed by atoms with E-state index in [4.69, 9.17) is 4.74 Å². The predicted molar refractivity (Wildman–Crippen MR) is 91.8 cm³/mol. The van der Waals surface area contributed by atoms with Gasteiger partial charge in [0.2, 0.25) is 0 Å². The van der Waals surface area contributed by atoms with Crippen LogP contribution in [0.25, 0.3) is 6.08 Å². The zero-order valence-electron chi connectivity index (χ0n) is 13.0. The summed E-state index contributed by atoms with van der Waals surface area (Å²) in [5, 5.41) is 0.979. The molecular formula is C18H17NO4S. The zero-order chi connectivity index (χ0) is 17.2. The van der Waals surface area contributed by atoms with Crippen molar-refractivity contribution in [3.63, 3.8) is 0 Å². The number of sulfonamides is 1. The SMILES string of the molecule is CC1c2ccccc2OC1C(=O)NS(=O)(=O)C=Cc1ccccc1. The van der Waals surface area contributed by atoms with E-state index in [1.807, 2.05) is 31.2 Å². The molecule has 1 aliphatic heterocycles. The lowest BCUT2D eigenvalue weighted by Gasteiger charge is -2.14. The van der Waals surface area contributed by atoms with Crippen LogP contribution in [0, 0.1) is 0 Å². The van der Waals surface area contributed by atoms with Crippen LogP contribution < -0.4 is 9.46 Å². The molecule has 1 amide bonds. The number of benzene rings is 2. The molecule has 24 heavy (non-hydrogen) atoms. The van der Waals surface area contributed by atoms with Gasteiger partial charge in [-0.2, -0.15) is 0 Å². The molecular weight excluding hydrogens is 326 g/mol. The molecule has 2 unspecified atom stereocenters. The first-order chi connectivity index (χ1) is 11.5. The van der Waals surface area contributed by atoms with Gasteiger partial charge in [-0.25, -0.2) is 13.1 Å². The molecule has 0 aromatic heterocycles. The summed E-state index contributed by atoms with van der Waals surface area (Å²) in [6.45, 7) is 1.84. The number of ether oxygens (including phenoxy) is 1. The van der Waals surface area contributed by atoms with Crippen LogP contribution in [0.4, 0.5) is 0 Å². The van der Waals surface area contributed by atoms with Gasteiger partial charge in [-0.05, 0) is 17.7 Å². The zero-order valence-corrected chi connectivity index (χ0v) is 13.9. The molecule has 0 saturated heterocycles. The normalized spacial score (nSPS) is 19.7. The van der Waals surface area contributed by atoms with E-state index in [9.17, 15) is 13.2 Å². The van der Waals surface area contributed by atoms with E-state index in [0.29, 0.717) is 5.75 Å². The van der Waals surface area contributed by atoms with Gasteiger partial charge in [0.15, 0.2) is 6.10 Å². The van der Waals surface area contributed by atoms with E-state index in [-0.39, 0.29) is 5.92 Å². The van der Waals surface area contributed by atoms with Crippen LogP contribution in [0.3, 0.4) is 0 Å². The van der Waals surface area contributed by atoms with Gasteiger partial charge in [-0.3, -0.25) is 4.79 Å². The lowest BCUT2D eigenvalue weighted by molar-refractivity contribution is -0.126. The molecule has 2 aromatic rings. The smallest absolute Gasteiger partial charge is 0.275 e. The summed E-state index contributed by atoms with van der Waals surface area (Å²) >= 11 is 0. The predicted octanol–water partition coefficient (Wildman–Crippen LogP) is 2.67. The van der Waals surface area contributed by atoms with Crippen molar-refractivity contribution in [1.29, 1.82) is 0 Å². The van der Waals surface area contributed by atoms with E-state index in [1.165, 1.54) is 6.08 Å². The molecule has 1 N–H and O–H groups in total. The fourth-order valence-corrected chi connectivity index (χ4v) is 3.41. The van der Waals surface area contributed by atoms with Gasteiger partial charge in [0, 0.05) is 11.5 Å². The van der Waals surface area contributed by atoms with Crippen molar-refractivity contribution in [3.8, 4) is 5.75 Å². The molecule has 0 spiro atoms. The van der Waals surface area contributed by atoms with Crippen molar-refractivity contribution in [2.75, 3.05) is 0 Å². The minimum absolute atomic E-state index is 0.213. The summed E-state index contributed by atoms with van der Waals surface area (Å²) in [5.41, 5.74) is 1.63. The van der Waals surface area contributed by atoms with Crippen molar-refractivity contribution in [2.45, 2.75) is 18.9 Å². The number of rotatable bonds is 4. The Labute approximate surface area is 141 Å². The van der Waals surface area contributed by atoms with Crippen LogP contribution in [-0.2, 0) is 14.8 Å². The number of para-hydroxylation sites is 1. The van der Waals surface area contributed by atoms with E-state index in [0.717, 1.165) is 16.5 Å². The summed E-state index contributed by atoms with van der Waals surface area (Å²) in [6, 6.07) is 16.3. The molecule has 0 saturated carbocycles. The summed E-state index contributed by atoms with van der Waals surface area (Å²) in [7, 11) is -3.89. The van der Waals surface area contributed by atoms with Crippen LogP contribution in [-0.4, -0.2) is 20.4 Å². The van der Waals surface area contributed by atoms with Crippen LogP contribution >= 0.6 is 0 Å². The highest BCUT2D eigenvalue weighted by atomic mass is 32.2. The molecule has 5 nitrogen and oxygen atoms in total. The summed E-state index contributed by atoms with van der Waals surface area (Å²) < 4.78 is 31.8. The first-order valence-electron chi connectivity index (χ1n) is 7.52. The molecule has 1 aliphatic rings. The number of carbonyl (C=O) groups excluding carboxylic acids is 1. The van der Waals surface area contributed by atoms with E-state index in [2.05, 4.69) is 4.72 Å². The molecule has 0 aliphatic carbocycles. The Morgan fingerprint density at radius 2 is 1.75 bits per heavy atom. The third kappa shape index (κ3) is 3.49. The number of amides is 1. The molecule has 3 rings (SSSR count). The Kier molecular flexibility index (Phi) is 4.40. The van der Waals surface area contributed by atoms with E-state index in [1.54, 1.807) is 30.3 Å². The third-order valence-corrected chi connectivity index (χ3v) is 4.84. The number of fused-ring (bicyclic) bond motifs is 1. The second-order valence-electron chi connectivity index (χ2n) is 5.59. The second kappa shape index (κ2) is 6.49. The van der Waals surface area contributed by atoms with Gasteiger partial charge in [-0.1, -0.05) is 55.5 Å².